The molecule has 1 N–H and O–H groups in total. The number of hydrogen-bond acceptors (Lipinski definition) is 2. The number of nitrogens with one attached hydrogen (secondary N) is 1. The van der Waals surface area contributed by atoms with E-state index in [0.29, 0.717) is 11.8 Å². The summed E-state index contributed by atoms with van der Waals surface area (Å²) in [7, 11) is 0. The quantitative estimate of drug-likeness (QED) is 0.804. The lowest BCUT2D eigenvalue weighted by atomic mass is 9.98. The minimum atomic E-state index is 0.261. The van der Waals surface area contributed by atoms with Crippen LogP contribution in [-0.4, -0.2) is 55.1 Å². The normalized spacial score (nSPS) is 22.9. The third kappa shape index (κ3) is 3.35. The third-order valence-electron chi connectivity index (χ3n) is 3.70. The molecule has 2 saturated heterocycles. The summed E-state index contributed by atoms with van der Waals surface area (Å²) in [5.74, 6) is 1.27. The van der Waals surface area contributed by atoms with Crippen molar-refractivity contribution in [3.05, 3.63) is 0 Å². The molecule has 2 amide bonds. The SMILES string of the molecule is CC(C)CN1CCN(CC2CCNCC2)C1=O. The van der Waals surface area contributed by atoms with Gasteiger partial charge < -0.3 is 15.1 Å². The van der Waals surface area contributed by atoms with E-state index < -0.39 is 0 Å². The first kappa shape index (κ1) is 12.7. The molecule has 17 heavy (non-hydrogen) atoms. The molecular formula is C13H25N3O. The van der Waals surface area contributed by atoms with E-state index in [4.69, 9.17) is 0 Å². The molecular weight excluding hydrogens is 214 g/mol. The second kappa shape index (κ2) is 5.71. The van der Waals surface area contributed by atoms with Gasteiger partial charge in [-0.25, -0.2) is 4.79 Å². The highest BCUT2D eigenvalue weighted by molar-refractivity contribution is 5.76. The number of carbonyl (C=O) groups is 1. The maximum absolute atomic E-state index is 12.2. The van der Waals surface area contributed by atoms with Crippen molar-refractivity contribution in [2.45, 2.75) is 26.7 Å². The van der Waals surface area contributed by atoms with Crippen LogP contribution in [0.5, 0.6) is 0 Å². The van der Waals surface area contributed by atoms with Crippen molar-refractivity contribution in [1.29, 1.82) is 0 Å². The van der Waals surface area contributed by atoms with Gasteiger partial charge in [0, 0.05) is 26.2 Å². The van der Waals surface area contributed by atoms with Crippen LogP contribution in [-0.2, 0) is 0 Å². The molecule has 0 aromatic rings. The summed E-state index contributed by atoms with van der Waals surface area (Å²) in [5.41, 5.74) is 0. The van der Waals surface area contributed by atoms with E-state index in [-0.39, 0.29) is 6.03 Å². The molecule has 4 nitrogen and oxygen atoms in total. The minimum absolute atomic E-state index is 0.261. The molecule has 98 valence electrons. The Kier molecular flexibility index (Phi) is 4.26. The fraction of sp³-hybridized carbons (Fsp3) is 0.923. The second-order valence-electron chi connectivity index (χ2n) is 5.76. The maximum Gasteiger partial charge on any atom is 0.320 e. The van der Waals surface area contributed by atoms with Gasteiger partial charge in [-0.2, -0.15) is 0 Å². The number of nitrogens with zero attached hydrogens (tertiary/aromatic N) is 2. The van der Waals surface area contributed by atoms with Gasteiger partial charge in [-0.15, -0.1) is 0 Å². The van der Waals surface area contributed by atoms with E-state index >= 15 is 0 Å². The Labute approximate surface area is 104 Å². The predicted octanol–water partition coefficient (Wildman–Crippen LogP) is 1.38. The summed E-state index contributed by atoms with van der Waals surface area (Å²) >= 11 is 0. The van der Waals surface area contributed by atoms with E-state index in [2.05, 4.69) is 24.1 Å². The van der Waals surface area contributed by atoms with Gasteiger partial charge in [0.25, 0.3) is 0 Å². The molecule has 0 aromatic heterocycles. The van der Waals surface area contributed by atoms with Gasteiger partial charge in [0.05, 0.1) is 0 Å². The van der Waals surface area contributed by atoms with Gasteiger partial charge in [0.15, 0.2) is 0 Å². The molecule has 2 rings (SSSR count). The number of piperidine rings is 1. The Morgan fingerprint density at radius 2 is 1.88 bits per heavy atom. The summed E-state index contributed by atoms with van der Waals surface area (Å²) in [4.78, 5) is 16.2. The van der Waals surface area contributed by atoms with Gasteiger partial charge >= 0.3 is 6.03 Å². The Hall–Kier alpha value is -0.770. The highest BCUT2D eigenvalue weighted by Crippen LogP contribution is 2.18. The number of hydrogen-bond donors (Lipinski definition) is 1. The molecule has 0 radical (unpaired) electrons. The summed E-state index contributed by atoms with van der Waals surface area (Å²) in [6.07, 6.45) is 2.43. The summed E-state index contributed by atoms with van der Waals surface area (Å²) in [6.45, 7) is 10.3. The monoisotopic (exact) mass is 239 g/mol. The molecule has 4 heteroatoms. The number of carbonyl (C=O) groups excluding carboxylic acids is 1. The Morgan fingerprint density at radius 3 is 2.53 bits per heavy atom. The summed E-state index contributed by atoms with van der Waals surface area (Å²) in [5, 5.41) is 3.37. The van der Waals surface area contributed by atoms with Gasteiger partial charge in [-0.1, -0.05) is 13.8 Å². The Morgan fingerprint density at radius 1 is 1.24 bits per heavy atom. The van der Waals surface area contributed by atoms with Crippen LogP contribution in [0.3, 0.4) is 0 Å². The lowest BCUT2D eigenvalue weighted by molar-refractivity contribution is 0.177. The van der Waals surface area contributed by atoms with Crippen molar-refractivity contribution in [3.8, 4) is 0 Å². The van der Waals surface area contributed by atoms with E-state index in [1.54, 1.807) is 0 Å². The molecule has 0 aromatic carbocycles. The van der Waals surface area contributed by atoms with Gasteiger partial charge in [-0.05, 0) is 37.8 Å². The van der Waals surface area contributed by atoms with Crippen molar-refractivity contribution < 1.29 is 4.79 Å². The highest BCUT2D eigenvalue weighted by Gasteiger charge is 2.30. The van der Waals surface area contributed by atoms with E-state index in [9.17, 15) is 4.79 Å². The number of urea groups is 1. The van der Waals surface area contributed by atoms with E-state index in [1.807, 2.05) is 4.90 Å². The number of rotatable bonds is 4. The molecule has 2 aliphatic rings. The summed E-state index contributed by atoms with van der Waals surface area (Å²) in [6, 6.07) is 0.261. The topological polar surface area (TPSA) is 35.6 Å². The van der Waals surface area contributed by atoms with Crippen LogP contribution >= 0.6 is 0 Å². The zero-order chi connectivity index (χ0) is 12.3. The van der Waals surface area contributed by atoms with Crippen molar-refractivity contribution in [1.82, 2.24) is 15.1 Å². The van der Waals surface area contributed by atoms with Gasteiger partial charge in [0.1, 0.15) is 0 Å². The molecule has 0 spiro atoms. The minimum Gasteiger partial charge on any atom is -0.323 e. The average Bonchev–Trinajstić information content (AvgIpc) is 2.62. The van der Waals surface area contributed by atoms with E-state index in [1.165, 1.54) is 12.8 Å². The molecule has 2 fully saturated rings. The van der Waals surface area contributed by atoms with Crippen molar-refractivity contribution in [2.75, 3.05) is 39.3 Å². The van der Waals surface area contributed by atoms with Crippen LogP contribution in [0.15, 0.2) is 0 Å². The first-order chi connectivity index (χ1) is 8.16. The van der Waals surface area contributed by atoms with Gasteiger partial charge in [-0.3, -0.25) is 0 Å². The highest BCUT2D eigenvalue weighted by atomic mass is 16.2. The smallest absolute Gasteiger partial charge is 0.320 e. The first-order valence-electron chi connectivity index (χ1n) is 6.91. The van der Waals surface area contributed by atoms with Gasteiger partial charge in [0.2, 0.25) is 0 Å². The molecule has 0 aliphatic carbocycles. The van der Waals surface area contributed by atoms with Crippen LogP contribution in [0, 0.1) is 11.8 Å². The third-order valence-corrected chi connectivity index (χ3v) is 3.70. The molecule has 0 saturated carbocycles. The first-order valence-corrected chi connectivity index (χ1v) is 6.91. The number of amides is 2. The van der Waals surface area contributed by atoms with Crippen molar-refractivity contribution in [2.24, 2.45) is 11.8 Å². The standard InChI is InChI=1S/C13H25N3O/c1-11(2)9-15-7-8-16(13(15)17)10-12-3-5-14-6-4-12/h11-12,14H,3-10H2,1-2H3. The van der Waals surface area contributed by atoms with Crippen LogP contribution in [0.25, 0.3) is 0 Å². The van der Waals surface area contributed by atoms with E-state index in [0.717, 1.165) is 39.3 Å². The van der Waals surface area contributed by atoms with Crippen LogP contribution in [0.2, 0.25) is 0 Å². The fourth-order valence-electron chi connectivity index (χ4n) is 2.79. The lowest BCUT2D eigenvalue weighted by Gasteiger charge is -2.27. The van der Waals surface area contributed by atoms with Crippen LogP contribution in [0.4, 0.5) is 4.79 Å². The zero-order valence-corrected chi connectivity index (χ0v) is 11.1. The van der Waals surface area contributed by atoms with Crippen LogP contribution < -0.4 is 5.32 Å². The van der Waals surface area contributed by atoms with Crippen molar-refractivity contribution in [3.63, 3.8) is 0 Å². The molecule has 2 aliphatic heterocycles. The second-order valence-corrected chi connectivity index (χ2v) is 5.76. The molecule has 2 heterocycles. The summed E-state index contributed by atoms with van der Waals surface area (Å²) < 4.78 is 0. The largest absolute Gasteiger partial charge is 0.323 e. The van der Waals surface area contributed by atoms with Crippen molar-refractivity contribution >= 4 is 6.03 Å². The molecule has 0 bridgehead atoms. The average molecular weight is 239 g/mol. The fourth-order valence-corrected chi connectivity index (χ4v) is 2.79. The molecule has 0 atom stereocenters. The van der Waals surface area contributed by atoms with Crippen LogP contribution in [0.1, 0.15) is 26.7 Å². The maximum atomic E-state index is 12.2. The molecule has 0 unspecified atom stereocenters. The Balaban J connectivity index is 1.80. The zero-order valence-electron chi connectivity index (χ0n) is 11.1. The Bertz CT molecular complexity index is 261. The predicted molar refractivity (Wildman–Crippen MR) is 69.0 cm³/mol. The lowest BCUT2D eigenvalue weighted by Crippen LogP contribution is -2.39.